The van der Waals surface area contributed by atoms with Crippen molar-refractivity contribution in [1.82, 2.24) is 0 Å². The van der Waals surface area contributed by atoms with Crippen molar-refractivity contribution < 1.29 is 17.6 Å². The molecule has 0 aromatic rings. The number of rotatable bonds is 1. The molecule has 0 N–H and O–H groups in total. The van der Waals surface area contributed by atoms with E-state index in [1.165, 1.54) is 0 Å². The van der Waals surface area contributed by atoms with Crippen molar-refractivity contribution in [2.45, 2.75) is 38.3 Å². The summed E-state index contributed by atoms with van der Waals surface area (Å²) in [6.45, 7) is 0. The molecule has 13 heavy (non-hydrogen) atoms. The van der Waals surface area contributed by atoms with E-state index in [1.54, 1.807) is 0 Å². The summed E-state index contributed by atoms with van der Waals surface area (Å²) in [6.07, 6.45) is 0.181. The largest absolute Gasteiger partial charge is 0.442 e. The molecule has 0 unspecified atom stereocenters. The first kappa shape index (κ1) is 10.5. The van der Waals surface area contributed by atoms with E-state index in [0.717, 1.165) is 25.3 Å². The molecule has 1 aliphatic carbocycles. The quantitative estimate of drug-likeness (QED) is 0.556. The fourth-order valence-electron chi connectivity index (χ4n) is 1.60. The Hall–Kier alpha value is -0.540. The van der Waals surface area contributed by atoms with Gasteiger partial charge in [0.25, 0.3) is 0 Å². The van der Waals surface area contributed by atoms with Crippen LogP contribution in [0.5, 0.6) is 0 Å². The summed E-state index contributed by atoms with van der Waals surface area (Å²) in [4.78, 5) is 0. The number of hydrogen-bond acceptors (Lipinski definition) is 0. The van der Waals surface area contributed by atoms with Gasteiger partial charge in [0.15, 0.2) is 5.83 Å². The van der Waals surface area contributed by atoms with Gasteiger partial charge in [-0.05, 0) is 24.8 Å². The minimum atomic E-state index is -4.79. The molecule has 0 radical (unpaired) electrons. The molecule has 76 valence electrons. The first-order valence-corrected chi connectivity index (χ1v) is 4.44. The third-order valence-electron chi connectivity index (χ3n) is 2.30. The van der Waals surface area contributed by atoms with E-state index < -0.39 is 12.0 Å². The third kappa shape index (κ3) is 3.36. The molecule has 0 aromatic heterocycles. The first-order chi connectivity index (χ1) is 6.00. The molecule has 0 heterocycles. The zero-order valence-electron chi connectivity index (χ0n) is 7.20. The van der Waals surface area contributed by atoms with E-state index >= 15 is 0 Å². The Morgan fingerprint density at radius 3 is 2.08 bits per heavy atom. The van der Waals surface area contributed by atoms with Gasteiger partial charge < -0.3 is 0 Å². The van der Waals surface area contributed by atoms with Crippen molar-refractivity contribution in [3.8, 4) is 0 Å². The van der Waals surface area contributed by atoms with Crippen LogP contribution in [0.3, 0.4) is 0 Å². The van der Waals surface area contributed by atoms with Crippen molar-refractivity contribution in [3.05, 3.63) is 11.9 Å². The van der Waals surface area contributed by atoms with Crippen molar-refractivity contribution in [1.29, 1.82) is 0 Å². The van der Waals surface area contributed by atoms with Gasteiger partial charge in [-0.2, -0.15) is 13.2 Å². The zero-order chi connectivity index (χ0) is 9.90. The van der Waals surface area contributed by atoms with Crippen LogP contribution in [0.25, 0.3) is 0 Å². The van der Waals surface area contributed by atoms with Crippen LogP contribution in [0.4, 0.5) is 17.6 Å². The number of halogens is 4. The molecule has 0 atom stereocenters. The second-order valence-corrected chi connectivity index (χ2v) is 3.41. The van der Waals surface area contributed by atoms with Crippen LogP contribution in [0, 0.1) is 5.92 Å². The number of alkyl halides is 3. The minimum Gasteiger partial charge on any atom is -0.202 e. The molecule has 0 aromatic carbocycles. The predicted molar refractivity (Wildman–Crippen MR) is 41.8 cm³/mol. The molecule has 0 bridgehead atoms. The van der Waals surface area contributed by atoms with Crippen molar-refractivity contribution >= 4 is 0 Å². The van der Waals surface area contributed by atoms with Gasteiger partial charge in [-0.3, -0.25) is 0 Å². The zero-order valence-corrected chi connectivity index (χ0v) is 7.20. The van der Waals surface area contributed by atoms with Crippen molar-refractivity contribution in [3.63, 3.8) is 0 Å². The van der Waals surface area contributed by atoms with E-state index in [-0.39, 0.29) is 5.92 Å². The van der Waals surface area contributed by atoms with Crippen LogP contribution in [-0.4, -0.2) is 6.18 Å². The Labute approximate surface area is 74.6 Å². The molecule has 1 aliphatic rings. The molecule has 0 aliphatic heterocycles. The van der Waals surface area contributed by atoms with E-state index in [0.29, 0.717) is 12.8 Å². The van der Waals surface area contributed by atoms with Crippen LogP contribution in [0.1, 0.15) is 32.1 Å². The fourth-order valence-corrected chi connectivity index (χ4v) is 1.60. The molecule has 1 fully saturated rings. The first-order valence-electron chi connectivity index (χ1n) is 4.44. The molecule has 4 heteroatoms. The summed E-state index contributed by atoms with van der Waals surface area (Å²) in [5.41, 5.74) is 0. The van der Waals surface area contributed by atoms with Gasteiger partial charge in [-0.1, -0.05) is 19.3 Å². The maximum Gasteiger partial charge on any atom is 0.442 e. The standard InChI is InChI=1S/C9H12F4/c10-8(9(11,12)13)6-7-4-2-1-3-5-7/h6-7H,1-5H2/b8-6-. The molecule has 0 spiro atoms. The van der Waals surface area contributed by atoms with E-state index in [1.807, 2.05) is 0 Å². The highest BCUT2D eigenvalue weighted by atomic mass is 19.4. The Bertz CT molecular complexity index is 186. The lowest BCUT2D eigenvalue weighted by Crippen LogP contribution is -2.11. The molecular formula is C9H12F4. The van der Waals surface area contributed by atoms with Crippen LogP contribution < -0.4 is 0 Å². The summed E-state index contributed by atoms with van der Waals surface area (Å²) in [5, 5.41) is 0. The van der Waals surface area contributed by atoms with Gasteiger partial charge in [-0.25, -0.2) is 4.39 Å². The molecular weight excluding hydrogens is 184 g/mol. The summed E-state index contributed by atoms with van der Waals surface area (Å²) in [6, 6.07) is 0. The van der Waals surface area contributed by atoms with E-state index in [4.69, 9.17) is 0 Å². The monoisotopic (exact) mass is 196 g/mol. The lowest BCUT2D eigenvalue weighted by molar-refractivity contribution is -0.109. The van der Waals surface area contributed by atoms with Gasteiger partial charge >= 0.3 is 6.18 Å². The summed E-state index contributed by atoms with van der Waals surface area (Å²) >= 11 is 0. The normalized spacial score (nSPS) is 22.0. The summed E-state index contributed by atoms with van der Waals surface area (Å²) in [5.74, 6) is -2.14. The molecule has 1 rings (SSSR count). The van der Waals surface area contributed by atoms with E-state index in [2.05, 4.69) is 0 Å². The lowest BCUT2D eigenvalue weighted by atomic mass is 9.89. The molecule has 1 saturated carbocycles. The Kier molecular flexibility index (Phi) is 3.33. The summed E-state index contributed by atoms with van der Waals surface area (Å²) < 4.78 is 47.7. The topological polar surface area (TPSA) is 0 Å². The van der Waals surface area contributed by atoms with Gasteiger partial charge in [0.1, 0.15) is 0 Å². The smallest absolute Gasteiger partial charge is 0.202 e. The van der Waals surface area contributed by atoms with Gasteiger partial charge in [-0.15, -0.1) is 0 Å². The van der Waals surface area contributed by atoms with Gasteiger partial charge in [0, 0.05) is 0 Å². The van der Waals surface area contributed by atoms with Gasteiger partial charge in [0.05, 0.1) is 0 Å². The maximum atomic E-state index is 12.4. The van der Waals surface area contributed by atoms with Crippen molar-refractivity contribution in [2.24, 2.45) is 5.92 Å². The number of hydrogen-bond donors (Lipinski definition) is 0. The third-order valence-corrected chi connectivity index (χ3v) is 2.30. The Morgan fingerprint density at radius 2 is 1.62 bits per heavy atom. The van der Waals surface area contributed by atoms with Crippen molar-refractivity contribution in [2.75, 3.05) is 0 Å². The van der Waals surface area contributed by atoms with Crippen LogP contribution in [-0.2, 0) is 0 Å². The highest BCUT2D eigenvalue weighted by Gasteiger charge is 2.35. The second kappa shape index (κ2) is 4.11. The second-order valence-electron chi connectivity index (χ2n) is 3.41. The van der Waals surface area contributed by atoms with Crippen LogP contribution >= 0.6 is 0 Å². The highest BCUT2D eigenvalue weighted by molar-refractivity contribution is 5.02. The number of allylic oxidation sites excluding steroid dienone is 2. The summed E-state index contributed by atoms with van der Waals surface area (Å²) in [7, 11) is 0. The van der Waals surface area contributed by atoms with Crippen LogP contribution in [0.2, 0.25) is 0 Å². The fraction of sp³-hybridized carbons (Fsp3) is 0.778. The average molecular weight is 196 g/mol. The molecule has 0 nitrogen and oxygen atoms in total. The molecule has 0 amide bonds. The highest BCUT2D eigenvalue weighted by Crippen LogP contribution is 2.31. The Balaban J connectivity index is 2.53. The predicted octanol–water partition coefficient (Wildman–Crippen LogP) is 3.98. The maximum absolute atomic E-state index is 12.4. The average Bonchev–Trinajstić information content (AvgIpc) is 2.04. The SMILES string of the molecule is F/C(=C\C1CCCCC1)C(F)(F)F. The lowest BCUT2D eigenvalue weighted by Gasteiger charge is -2.18. The minimum absolute atomic E-state index is 0.213. The van der Waals surface area contributed by atoms with Crippen LogP contribution in [0.15, 0.2) is 11.9 Å². The van der Waals surface area contributed by atoms with E-state index in [9.17, 15) is 17.6 Å². The molecule has 0 saturated heterocycles. The Morgan fingerprint density at radius 1 is 1.08 bits per heavy atom. The van der Waals surface area contributed by atoms with Gasteiger partial charge in [0.2, 0.25) is 0 Å².